The number of nitrogens with zero attached hydrogens (tertiary/aromatic N) is 1. The standard InChI is InChI=1S/C14H16N2.2ClH/c1-10-5-6-12(8-11(10)2)14(15)13-4-3-7-16-9-13;;/h3-9,14H,15H2,1-2H3;2*1H. The molecule has 0 saturated carbocycles. The van der Waals surface area contributed by atoms with Crippen LogP contribution in [-0.2, 0) is 0 Å². The first-order chi connectivity index (χ1) is 7.68. The second-order valence-electron chi connectivity index (χ2n) is 4.11. The van der Waals surface area contributed by atoms with E-state index < -0.39 is 0 Å². The molecule has 0 aliphatic carbocycles. The zero-order valence-corrected chi connectivity index (χ0v) is 12.1. The molecule has 1 heterocycles. The van der Waals surface area contributed by atoms with Crippen LogP contribution in [0.2, 0.25) is 0 Å². The zero-order chi connectivity index (χ0) is 11.5. The Labute approximate surface area is 120 Å². The smallest absolute Gasteiger partial charge is 0.0567 e. The fraction of sp³-hybridized carbons (Fsp3) is 0.214. The predicted octanol–water partition coefficient (Wildman–Crippen LogP) is 3.59. The molecule has 0 aliphatic heterocycles. The molecule has 4 heteroatoms. The molecule has 2 rings (SSSR count). The first kappa shape index (κ1) is 16.9. The van der Waals surface area contributed by atoms with E-state index in [1.807, 2.05) is 18.3 Å². The molecule has 2 aromatic rings. The molecule has 2 N–H and O–H groups in total. The normalized spacial score (nSPS) is 11.1. The fourth-order valence-corrected chi connectivity index (χ4v) is 1.71. The van der Waals surface area contributed by atoms with Crippen LogP contribution in [0, 0.1) is 13.8 Å². The van der Waals surface area contributed by atoms with Gasteiger partial charge in [-0.05, 0) is 42.2 Å². The lowest BCUT2D eigenvalue weighted by Gasteiger charge is -2.13. The van der Waals surface area contributed by atoms with E-state index in [1.54, 1.807) is 6.20 Å². The van der Waals surface area contributed by atoms with Gasteiger partial charge in [0.25, 0.3) is 0 Å². The summed E-state index contributed by atoms with van der Waals surface area (Å²) in [5.41, 5.74) is 10.9. The lowest BCUT2D eigenvalue weighted by molar-refractivity contribution is 0.860. The highest BCUT2D eigenvalue weighted by Gasteiger charge is 2.09. The average Bonchev–Trinajstić information content (AvgIpc) is 2.33. The first-order valence-corrected chi connectivity index (χ1v) is 5.41. The van der Waals surface area contributed by atoms with Gasteiger partial charge in [-0.25, -0.2) is 0 Å². The third-order valence-corrected chi connectivity index (χ3v) is 2.93. The van der Waals surface area contributed by atoms with Gasteiger partial charge in [0, 0.05) is 12.4 Å². The van der Waals surface area contributed by atoms with Gasteiger partial charge in [0.2, 0.25) is 0 Å². The van der Waals surface area contributed by atoms with Crippen molar-refractivity contribution in [2.75, 3.05) is 0 Å². The quantitative estimate of drug-likeness (QED) is 0.915. The Hall–Kier alpha value is -1.09. The monoisotopic (exact) mass is 284 g/mol. The zero-order valence-electron chi connectivity index (χ0n) is 10.5. The lowest BCUT2D eigenvalue weighted by Crippen LogP contribution is -2.12. The summed E-state index contributed by atoms with van der Waals surface area (Å²) >= 11 is 0. The molecule has 1 aromatic carbocycles. The van der Waals surface area contributed by atoms with Crippen LogP contribution in [0.3, 0.4) is 0 Å². The Kier molecular flexibility index (Phi) is 6.92. The summed E-state index contributed by atoms with van der Waals surface area (Å²) < 4.78 is 0. The Bertz CT molecular complexity index is 486. The number of hydrogen-bond donors (Lipinski definition) is 1. The Morgan fingerprint density at radius 1 is 1.00 bits per heavy atom. The maximum Gasteiger partial charge on any atom is 0.0567 e. The second kappa shape index (κ2) is 7.37. The van der Waals surface area contributed by atoms with E-state index >= 15 is 0 Å². The molecule has 0 bridgehead atoms. The molecule has 1 atom stereocenters. The van der Waals surface area contributed by atoms with Gasteiger partial charge in [0.15, 0.2) is 0 Å². The topological polar surface area (TPSA) is 38.9 Å². The van der Waals surface area contributed by atoms with E-state index in [4.69, 9.17) is 5.73 Å². The highest BCUT2D eigenvalue weighted by atomic mass is 35.5. The predicted molar refractivity (Wildman–Crippen MR) is 80.7 cm³/mol. The van der Waals surface area contributed by atoms with Crippen molar-refractivity contribution < 1.29 is 0 Å². The van der Waals surface area contributed by atoms with Crippen molar-refractivity contribution in [1.82, 2.24) is 4.98 Å². The van der Waals surface area contributed by atoms with Gasteiger partial charge in [0.05, 0.1) is 6.04 Å². The number of aromatic nitrogens is 1. The Balaban J connectivity index is 0.00000144. The molecule has 2 nitrogen and oxygen atoms in total. The number of hydrogen-bond acceptors (Lipinski definition) is 2. The van der Waals surface area contributed by atoms with Crippen LogP contribution in [0.25, 0.3) is 0 Å². The van der Waals surface area contributed by atoms with Gasteiger partial charge in [-0.15, -0.1) is 24.8 Å². The molecule has 0 aliphatic rings. The maximum absolute atomic E-state index is 6.20. The Morgan fingerprint density at radius 2 is 1.72 bits per heavy atom. The summed E-state index contributed by atoms with van der Waals surface area (Å²) in [6.07, 6.45) is 3.58. The van der Waals surface area contributed by atoms with Crippen molar-refractivity contribution in [2.24, 2.45) is 5.73 Å². The molecular formula is C14H18Cl2N2. The molecule has 0 amide bonds. The minimum absolute atomic E-state index is 0. The minimum atomic E-state index is -0.0898. The number of rotatable bonds is 2. The molecule has 18 heavy (non-hydrogen) atoms. The summed E-state index contributed by atoms with van der Waals surface area (Å²) in [7, 11) is 0. The van der Waals surface area contributed by atoms with E-state index in [0.717, 1.165) is 11.1 Å². The van der Waals surface area contributed by atoms with E-state index in [-0.39, 0.29) is 30.9 Å². The van der Waals surface area contributed by atoms with Crippen LogP contribution in [0.1, 0.15) is 28.3 Å². The number of benzene rings is 1. The van der Waals surface area contributed by atoms with E-state index in [9.17, 15) is 0 Å². The third kappa shape index (κ3) is 3.70. The van der Waals surface area contributed by atoms with Gasteiger partial charge in [0.1, 0.15) is 0 Å². The number of halogens is 2. The maximum atomic E-state index is 6.20. The summed E-state index contributed by atoms with van der Waals surface area (Å²) in [5.74, 6) is 0. The van der Waals surface area contributed by atoms with Crippen molar-refractivity contribution in [3.8, 4) is 0 Å². The average molecular weight is 285 g/mol. The van der Waals surface area contributed by atoms with Crippen molar-refractivity contribution in [2.45, 2.75) is 19.9 Å². The van der Waals surface area contributed by atoms with Gasteiger partial charge < -0.3 is 5.73 Å². The number of nitrogens with two attached hydrogens (primary N) is 1. The summed E-state index contributed by atoms with van der Waals surface area (Å²) in [5, 5.41) is 0. The van der Waals surface area contributed by atoms with Crippen LogP contribution in [-0.4, -0.2) is 4.98 Å². The van der Waals surface area contributed by atoms with Crippen LogP contribution < -0.4 is 5.73 Å². The summed E-state index contributed by atoms with van der Waals surface area (Å²) in [6, 6.07) is 10.2. The van der Waals surface area contributed by atoms with Crippen LogP contribution >= 0.6 is 24.8 Å². The molecule has 1 aromatic heterocycles. The van der Waals surface area contributed by atoms with Gasteiger partial charge in [-0.1, -0.05) is 24.3 Å². The highest BCUT2D eigenvalue weighted by Crippen LogP contribution is 2.20. The minimum Gasteiger partial charge on any atom is -0.320 e. The van der Waals surface area contributed by atoms with E-state index in [0.29, 0.717) is 0 Å². The van der Waals surface area contributed by atoms with Gasteiger partial charge in [-0.3, -0.25) is 4.98 Å². The number of pyridine rings is 1. The van der Waals surface area contributed by atoms with E-state index in [1.165, 1.54) is 11.1 Å². The van der Waals surface area contributed by atoms with Gasteiger partial charge in [-0.2, -0.15) is 0 Å². The largest absolute Gasteiger partial charge is 0.320 e. The molecule has 1 unspecified atom stereocenters. The molecule has 0 radical (unpaired) electrons. The molecule has 0 saturated heterocycles. The van der Waals surface area contributed by atoms with Crippen LogP contribution in [0.15, 0.2) is 42.7 Å². The number of aryl methyl sites for hydroxylation is 2. The van der Waals surface area contributed by atoms with Crippen molar-refractivity contribution >= 4 is 24.8 Å². The first-order valence-electron chi connectivity index (χ1n) is 5.41. The van der Waals surface area contributed by atoms with E-state index in [2.05, 4.69) is 37.0 Å². The molecule has 0 spiro atoms. The SMILES string of the molecule is Cc1ccc(C(N)c2cccnc2)cc1C.Cl.Cl. The van der Waals surface area contributed by atoms with Crippen LogP contribution in [0.5, 0.6) is 0 Å². The molecule has 0 fully saturated rings. The van der Waals surface area contributed by atoms with Crippen LogP contribution in [0.4, 0.5) is 0 Å². The highest BCUT2D eigenvalue weighted by molar-refractivity contribution is 5.85. The summed E-state index contributed by atoms with van der Waals surface area (Å²) in [6.45, 7) is 4.21. The fourth-order valence-electron chi connectivity index (χ4n) is 1.71. The lowest BCUT2D eigenvalue weighted by atomic mass is 9.97. The van der Waals surface area contributed by atoms with Gasteiger partial charge >= 0.3 is 0 Å². The molecular weight excluding hydrogens is 267 g/mol. The third-order valence-electron chi connectivity index (χ3n) is 2.93. The van der Waals surface area contributed by atoms with Crippen molar-refractivity contribution in [1.29, 1.82) is 0 Å². The van der Waals surface area contributed by atoms with Crippen molar-refractivity contribution in [3.05, 3.63) is 65.0 Å². The van der Waals surface area contributed by atoms with Crippen molar-refractivity contribution in [3.63, 3.8) is 0 Å². The Morgan fingerprint density at radius 3 is 2.28 bits per heavy atom. The second-order valence-corrected chi connectivity index (χ2v) is 4.11. The summed E-state index contributed by atoms with van der Waals surface area (Å²) in [4.78, 5) is 4.09. The molecule has 98 valence electrons.